The number of hydrogen-bond donors (Lipinski definition) is 6. The molecule has 13 heteroatoms. The van der Waals surface area contributed by atoms with E-state index in [4.69, 9.17) is 18.5 Å². The highest BCUT2D eigenvalue weighted by Gasteiger charge is 2.51. The molecule has 0 aromatic rings. The number of carbonyl (C=O) groups is 1. The third-order valence-corrected chi connectivity index (χ3v) is 14.5. The van der Waals surface area contributed by atoms with Gasteiger partial charge in [-0.25, -0.2) is 4.57 Å². The molecule has 0 saturated heterocycles. The Balaban J connectivity index is 2.26. The van der Waals surface area contributed by atoms with Gasteiger partial charge in [-0.3, -0.25) is 13.8 Å². The van der Waals surface area contributed by atoms with Crippen LogP contribution in [-0.2, 0) is 27.9 Å². The summed E-state index contributed by atoms with van der Waals surface area (Å²) in [6, 6.07) is 0. The van der Waals surface area contributed by atoms with E-state index in [1.165, 1.54) is 205 Å². The largest absolute Gasteiger partial charge is 0.472 e. The number of aliphatic hydroxyl groups is 5. The standard InChI is InChI=1S/C53H105O12P/c1-3-5-7-9-11-13-15-17-19-21-22-23-24-25-26-27-28-30-32-34-36-38-40-42-47(54)64-46(45-63-66(60,61)65-53-51(58)49(56)48(55)50(57)52(53)59)44-62-43-41-39-37-35-33-31-29-20-18-16-14-12-10-8-6-4-2/h46,48-53,55-59H,3-45H2,1-2H3,(H,60,61)/t46-,48?,49-,50?,51?,52?,53?/m1/s1. The fraction of sp³-hybridized carbons (Fsp3) is 0.981. The molecule has 1 aliphatic carbocycles. The van der Waals surface area contributed by atoms with E-state index in [0.717, 1.165) is 38.5 Å². The van der Waals surface area contributed by atoms with Gasteiger partial charge in [-0.1, -0.05) is 251 Å². The van der Waals surface area contributed by atoms with Crippen molar-refractivity contribution in [1.29, 1.82) is 0 Å². The second-order valence-corrected chi connectivity index (χ2v) is 21.2. The Morgan fingerprint density at radius 2 is 0.712 bits per heavy atom. The van der Waals surface area contributed by atoms with Crippen LogP contribution in [0.5, 0.6) is 0 Å². The molecule has 6 unspecified atom stereocenters. The fourth-order valence-electron chi connectivity index (χ4n) is 9.07. The maximum Gasteiger partial charge on any atom is 0.472 e. The van der Waals surface area contributed by atoms with Crippen molar-refractivity contribution >= 4 is 13.8 Å². The van der Waals surface area contributed by atoms with Crippen LogP contribution in [0.2, 0.25) is 0 Å². The monoisotopic (exact) mass is 965 g/mol. The van der Waals surface area contributed by atoms with Gasteiger partial charge in [-0.2, -0.15) is 0 Å². The van der Waals surface area contributed by atoms with Crippen molar-refractivity contribution in [2.45, 2.75) is 313 Å². The summed E-state index contributed by atoms with van der Waals surface area (Å²) in [7, 11) is -5.02. The predicted octanol–water partition coefficient (Wildman–Crippen LogP) is 12.9. The van der Waals surface area contributed by atoms with Gasteiger partial charge in [0.2, 0.25) is 0 Å². The van der Waals surface area contributed by atoms with Crippen molar-refractivity contribution in [3.8, 4) is 0 Å². The molecule has 0 heterocycles. The second kappa shape index (κ2) is 44.3. The normalized spacial score (nSPS) is 21.3. The van der Waals surface area contributed by atoms with E-state index in [0.29, 0.717) is 13.0 Å². The van der Waals surface area contributed by atoms with Crippen LogP contribution in [0.25, 0.3) is 0 Å². The average molecular weight is 965 g/mol. The zero-order valence-electron chi connectivity index (χ0n) is 42.5. The van der Waals surface area contributed by atoms with Gasteiger partial charge in [0.25, 0.3) is 0 Å². The topological polar surface area (TPSA) is 192 Å². The summed E-state index contributed by atoms with van der Waals surface area (Å²) in [5.74, 6) is -0.467. The Bertz CT molecular complexity index is 1100. The van der Waals surface area contributed by atoms with E-state index in [-0.39, 0.29) is 13.0 Å². The van der Waals surface area contributed by atoms with Gasteiger partial charge in [0.05, 0.1) is 13.2 Å². The van der Waals surface area contributed by atoms with Crippen LogP contribution in [0.1, 0.15) is 271 Å². The van der Waals surface area contributed by atoms with Crippen LogP contribution < -0.4 is 0 Å². The molecule has 1 rings (SSSR count). The molecule has 66 heavy (non-hydrogen) atoms. The maximum atomic E-state index is 12.9. The quantitative estimate of drug-likeness (QED) is 0.0192. The van der Waals surface area contributed by atoms with Crippen molar-refractivity contribution in [2.75, 3.05) is 19.8 Å². The lowest BCUT2D eigenvalue weighted by Gasteiger charge is -2.41. The Kier molecular flexibility index (Phi) is 42.5. The van der Waals surface area contributed by atoms with Crippen LogP contribution in [0.4, 0.5) is 0 Å². The lowest BCUT2D eigenvalue weighted by molar-refractivity contribution is -0.220. The Morgan fingerprint density at radius 3 is 1.05 bits per heavy atom. The predicted molar refractivity (Wildman–Crippen MR) is 267 cm³/mol. The molecule has 6 N–H and O–H groups in total. The van der Waals surface area contributed by atoms with Crippen molar-refractivity contribution in [3.63, 3.8) is 0 Å². The molecule has 0 radical (unpaired) electrons. The molecule has 1 saturated carbocycles. The van der Waals surface area contributed by atoms with Gasteiger partial charge in [-0.15, -0.1) is 0 Å². The van der Waals surface area contributed by atoms with E-state index in [9.17, 15) is 39.8 Å². The number of hydrogen-bond acceptors (Lipinski definition) is 11. The molecule has 1 aliphatic rings. The number of carbonyl (C=O) groups excluding carboxylic acids is 1. The summed E-state index contributed by atoms with van der Waals surface area (Å²) in [5.41, 5.74) is 0. The summed E-state index contributed by atoms with van der Waals surface area (Å²) in [6.45, 7) is 4.33. The number of rotatable bonds is 49. The highest BCUT2D eigenvalue weighted by Crippen LogP contribution is 2.47. The van der Waals surface area contributed by atoms with Gasteiger partial charge < -0.3 is 39.9 Å². The molecule has 0 bridgehead atoms. The number of phosphoric acid groups is 1. The Hall–Kier alpha value is -0.660. The first-order chi connectivity index (χ1) is 32.0. The highest BCUT2D eigenvalue weighted by molar-refractivity contribution is 7.47. The Morgan fingerprint density at radius 1 is 0.424 bits per heavy atom. The van der Waals surface area contributed by atoms with Crippen LogP contribution in [0.15, 0.2) is 0 Å². The molecule has 12 nitrogen and oxygen atoms in total. The summed E-state index contributed by atoms with van der Waals surface area (Å²) >= 11 is 0. The van der Waals surface area contributed by atoms with Gasteiger partial charge in [0.15, 0.2) is 0 Å². The molecule has 0 spiro atoms. The molecule has 0 aromatic heterocycles. The minimum atomic E-state index is -5.02. The van der Waals surface area contributed by atoms with Crippen LogP contribution in [-0.4, -0.2) is 98.9 Å². The summed E-state index contributed by atoms with van der Waals surface area (Å²) in [6.07, 6.45) is 37.5. The van der Waals surface area contributed by atoms with Gasteiger partial charge in [0, 0.05) is 13.0 Å². The first-order valence-electron chi connectivity index (χ1n) is 27.9. The molecule has 0 aliphatic heterocycles. The minimum Gasteiger partial charge on any atom is -0.457 e. The van der Waals surface area contributed by atoms with E-state index in [1.807, 2.05) is 0 Å². The van der Waals surface area contributed by atoms with E-state index >= 15 is 0 Å². The first-order valence-corrected chi connectivity index (χ1v) is 29.4. The molecule has 394 valence electrons. The molecule has 8 atom stereocenters. The van der Waals surface area contributed by atoms with Crippen LogP contribution >= 0.6 is 7.82 Å². The lowest BCUT2D eigenvalue weighted by atomic mass is 9.85. The van der Waals surface area contributed by atoms with Crippen molar-refractivity contribution < 1.29 is 58.3 Å². The second-order valence-electron chi connectivity index (χ2n) is 19.8. The van der Waals surface area contributed by atoms with Crippen molar-refractivity contribution in [2.24, 2.45) is 0 Å². The van der Waals surface area contributed by atoms with E-state index in [1.54, 1.807) is 0 Å². The minimum absolute atomic E-state index is 0.0673. The fourth-order valence-corrected chi connectivity index (χ4v) is 10.0. The maximum absolute atomic E-state index is 12.9. The molecular weight excluding hydrogens is 860 g/mol. The summed E-state index contributed by atoms with van der Waals surface area (Å²) < 4.78 is 34.4. The van der Waals surface area contributed by atoms with E-state index in [2.05, 4.69) is 13.8 Å². The number of unbranched alkanes of at least 4 members (excludes halogenated alkanes) is 37. The zero-order chi connectivity index (χ0) is 48.4. The Labute approximate surface area is 404 Å². The number of ether oxygens (including phenoxy) is 2. The molecule has 0 aromatic carbocycles. The average Bonchev–Trinajstić information content (AvgIpc) is 3.30. The molecule has 0 amide bonds. The van der Waals surface area contributed by atoms with Crippen LogP contribution in [0.3, 0.4) is 0 Å². The SMILES string of the molecule is CCCCCCCCCCCCCCCCCCCCCCCCCC(=O)O[C@H](COCCCCCCCCCCCCCCCCCC)COP(=O)(O)OC1C(O)C(O)C(O)[C@@H](O)C1O. The van der Waals surface area contributed by atoms with Crippen LogP contribution in [0, 0.1) is 0 Å². The number of phosphoric ester groups is 1. The third-order valence-electron chi connectivity index (χ3n) is 13.5. The smallest absolute Gasteiger partial charge is 0.457 e. The van der Waals surface area contributed by atoms with Crippen molar-refractivity contribution in [1.82, 2.24) is 0 Å². The number of aliphatic hydroxyl groups excluding tert-OH is 5. The van der Waals surface area contributed by atoms with Gasteiger partial charge in [0.1, 0.15) is 42.7 Å². The zero-order valence-corrected chi connectivity index (χ0v) is 43.4. The van der Waals surface area contributed by atoms with Gasteiger partial charge in [-0.05, 0) is 12.8 Å². The summed E-state index contributed by atoms with van der Waals surface area (Å²) in [4.78, 5) is 23.3. The van der Waals surface area contributed by atoms with E-state index < -0.39 is 63.1 Å². The molecule has 1 fully saturated rings. The van der Waals surface area contributed by atoms with Crippen molar-refractivity contribution in [3.05, 3.63) is 0 Å². The molecular formula is C53H105O12P. The third kappa shape index (κ3) is 35.4. The number of esters is 1. The summed E-state index contributed by atoms with van der Waals surface area (Å²) in [5, 5.41) is 50.4. The first kappa shape index (κ1) is 63.4. The van der Waals surface area contributed by atoms with Gasteiger partial charge >= 0.3 is 13.8 Å². The lowest BCUT2D eigenvalue weighted by Crippen LogP contribution is -2.64. The highest BCUT2D eigenvalue weighted by atomic mass is 31.2.